The number of rotatable bonds is 6. The van der Waals surface area contributed by atoms with E-state index < -0.39 is 15.9 Å². The molecule has 0 aliphatic carbocycles. The topological polar surface area (TPSA) is 137 Å². The highest BCUT2D eigenvalue weighted by Gasteiger charge is 2.13. The minimum Gasteiger partial charge on any atom is -0.321 e. The summed E-state index contributed by atoms with van der Waals surface area (Å²) in [5, 5.41) is 7.66. The monoisotopic (exact) mass is 449 g/mol. The number of nitrogens with zero attached hydrogens (tertiary/aromatic N) is 3. The Morgan fingerprint density at radius 2 is 1.81 bits per heavy atom. The first-order chi connectivity index (χ1) is 15.3. The van der Waals surface area contributed by atoms with Crippen molar-refractivity contribution in [2.45, 2.75) is 18.0 Å². The summed E-state index contributed by atoms with van der Waals surface area (Å²) in [5.41, 5.74) is 1.90. The number of anilines is 1. The fourth-order valence-electron chi connectivity index (χ4n) is 3.18. The number of nitrogens with two attached hydrogens (primary N) is 1. The lowest BCUT2D eigenvalue weighted by Crippen LogP contribution is -2.22. The van der Waals surface area contributed by atoms with Gasteiger partial charge in [-0.3, -0.25) is 14.2 Å². The summed E-state index contributed by atoms with van der Waals surface area (Å²) in [6, 6.07) is 17.0. The molecule has 0 aliphatic heterocycles. The predicted molar refractivity (Wildman–Crippen MR) is 120 cm³/mol. The Bertz CT molecular complexity index is 1450. The van der Waals surface area contributed by atoms with Gasteiger partial charge in [0, 0.05) is 12.1 Å². The molecule has 162 valence electrons. The molecular formula is C22H19N5O4S. The fourth-order valence-corrected chi connectivity index (χ4v) is 3.64. The lowest BCUT2D eigenvalue weighted by atomic mass is 10.1. The summed E-state index contributed by atoms with van der Waals surface area (Å²) in [6.07, 6.45) is 3.37. The van der Waals surface area contributed by atoms with Crippen LogP contribution < -0.4 is 16.0 Å². The molecule has 3 N–H and O–H groups in total. The Morgan fingerprint density at radius 3 is 2.50 bits per heavy atom. The van der Waals surface area contributed by atoms with Gasteiger partial charge in [-0.25, -0.2) is 23.5 Å². The number of pyridine rings is 1. The van der Waals surface area contributed by atoms with Crippen molar-refractivity contribution in [3.05, 3.63) is 94.7 Å². The van der Waals surface area contributed by atoms with E-state index in [9.17, 15) is 18.0 Å². The van der Waals surface area contributed by atoms with Gasteiger partial charge < -0.3 is 5.32 Å². The zero-order chi connectivity index (χ0) is 22.7. The van der Waals surface area contributed by atoms with Crippen LogP contribution in [-0.4, -0.2) is 28.9 Å². The number of carbonyl (C=O) groups excluding carboxylic acids is 1. The lowest BCUT2D eigenvalue weighted by molar-refractivity contribution is 0.102. The Balaban J connectivity index is 1.56. The van der Waals surface area contributed by atoms with Crippen molar-refractivity contribution in [1.82, 2.24) is 14.5 Å². The van der Waals surface area contributed by atoms with Gasteiger partial charge in [0.2, 0.25) is 0 Å². The first-order valence-corrected chi connectivity index (χ1v) is 11.2. The highest BCUT2D eigenvalue weighted by Crippen LogP contribution is 2.14. The van der Waals surface area contributed by atoms with Crippen molar-refractivity contribution < 1.29 is 13.2 Å². The Kier molecular flexibility index (Phi) is 5.80. The number of aryl methyl sites for hydroxylation is 2. The van der Waals surface area contributed by atoms with Gasteiger partial charge in [-0.1, -0.05) is 30.3 Å². The molecular weight excluding hydrogens is 430 g/mol. The van der Waals surface area contributed by atoms with Crippen molar-refractivity contribution in [2.75, 3.05) is 5.32 Å². The molecule has 32 heavy (non-hydrogen) atoms. The number of aromatic nitrogens is 3. The Morgan fingerprint density at radius 1 is 1.03 bits per heavy atom. The molecule has 10 heteroatoms. The third-order valence-corrected chi connectivity index (χ3v) is 5.68. The minimum absolute atomic E-state index is 0.236. The van der Waals surface area contributed by atoms with Crippen molar-refractivity contribution in [2.24, 2.45) is 5.14 Å². The molecule has 0 saturated heterocycles. The number of amides is 1. The van der Waals surface area contributed by atoms with Crippen LogP contribution in [0.1, 0.15) is 15.9 Å². The molecule has 4 aromatic rings. The number of sulfonamides is 1. The van der Waals surface area contributed by atoms with E-state index in [1.807, 2.05) is 30.3 Å². The first-order valence-electron chi connectivity index (χ1n) is 9.64. The van der Waals surface area contributed by atoms with Crippen LogP contribution >= 0.6 is 0 Å². The second-order valence-electron chi connectivity index (χ2n) is 7.09. The molecule has 9 nitrogen and oxygen atoms in total. The molecule has 0 atom stereocenters. The summed E-state index contributed by atoms with van der Waals surface area (Å²) < 4.78 is 24.1. The van der Waals surface area contributed by atoms with E-state index in [1.165, 1.54) is 35.3 Å². The van der Waals surface area contributed by atoms with E-state index in [4.69, 9.17) is 5.14 Å². The predicted octanol–water partition coefficient (Wildman–Crippen LogP) is 1.93. The average molecular weight is 449 g/mol. The van der Waals surface area contributed by atoms with Gasteiger partial charge >= 0.3 is 0 Å². The van der Waals surface area contributed by atoms with Crippen molar-refractivity contribution in [3.8, 4) is 0 Å². The van der Waals surface area contributed by atoms with Crippen molar-refractivity contribution in [3.63, 3.8) is 0 Å². The normalized spacial score (nSPS) is 11.4. The zero-order valence-corrected chi connectivity index (χ0v) is 17.6. The van der Waals surface area contributed by atoms with Gasteiger partial charge in [0.1, 0.15) is 0 Å². The SMILES string of the molecule is NS(=O)(=O)c1ccc(NC(=O)c2ccc3ncn(CCc4ccccc4)c(=O)c3c2)cn1. The second kappa shape index (κ2) is 8.69. The lowest BCUT2D eigenvalue weighted by Gasteiger charge is -2.09. The summed E-state index contributed by atoms with van der Waals surface area (Å²) in [7, 11) is -3.92. The van der Waals surface area contributed by atoms with Gasteiger partial charge in [0.15, 0.2) is 5.03 Å². The molecule has 4 rings (SSSR count). The molecule has 2 aromatic carbocycles. The highest BCUT2D eigenvalue weighted by molar-refractivity contribution is 7.89. The van der Waals surface area contributed by atoms with E-state index in [0.29, 0.717) is 23.9 Å². The maximum atomic E-state index is 12.9. The average Bonchev–Trinajstić information content (AvgIpc) is 2.79. The molecule has 0 spiro atoms. The van der Waals surface area contributed by atoms with Crippen LogP contribution in [0.25, 0.3) is 10.9 Å². The van der Waals surface area contributed by atoms with E-state index in [0.717, 1.165) is 5.56 Å². The van der Waals surface area contributed by atoms with Crippen molar-refractivity contribution >= 4 is 32.5 Å². The Hall–Kier alpha value is -3.89. The summed E-state index contributed by atoms with van der Waals surface area (Å²) in [6.45, 7) is 0.463. The smallest absolute Gasteiger partial charge is 0.261 e. The Labute approximate surface area is 183 Å². The van der Waals surface area contributed by atoms with Crippen LogP contribution in [0.15, 0.2) is 83.0 Å². The van der Waals surface area contributed by atoms with E-state index in [1.54, 1.807) is 12.1 Å². The van der Waals surface area contributed by atoms with Crippen LogP contribution in [0, 0.1) is 0 Å². The second-order valence-corrected chi connectivity index (χ2v) is 8.60. The number of fused-ring (bicyclic) bond motifs is 1. The summed E-state index contributed by atoms with van der Waals surface area (Å²) in [5.74, 6) is -0.476. The number of hydrogen-bond donors (Lipinski definition) is 2. The van der Waals surface area contributed by atoms with E-state index in [-0.39, 0.29) is 21.8 Å². The van der Waals surface area contributed by atoms with Gasteiger partial charge in [0.05, 0.1) is 29.1 Å². The van der Waals surface area contributed by atoms with Crippen LogP contribution in [0.3, 0.4) is 0 Å². The number of primary sulfonamides is 1. The zero-order valence-electron chi connectivity index (χ0n) is 16.8. The standard InChI is InChI=1S/C22H19N5O4S/c23-32(30,31)20-9-7-17(13-24-20)26-21(28)16-6-8-19-18(12-16)22(29)27(14-25-19)11-10-15-4-2-1-3-5-15/h1-9,12-14H,10-11H2,(H,26,28)(H2,23,30,31). The van der Waals surface area contributed by atoms with Crippen LogP contribution in [0.2, 0.25) is 0 Å². The summed E-state index contributed by atoms with van der Waals surface area (Å²) >= 11 is 0. The van der Waals surface area contributed by atoms with Crippen molar-refractivity contribution in [1.29, 1.82) is 0 Å². The molecule has 1 amide bonds. The fraction of sp³-hybridized carbons (Fsp3) is 0.0909. The number of nitrogens with one attached hydrogen (secondary N) is 1. The third kappa shape index (κ3) is 4.71. The molecule has 0 unspecified atom stereocenters. The molecule has 2 aromatic heterocycles. The number of carbonyl (C=O) groups is 1. The van der Waals surface area contributed by atoms with E-state index in [2.05, 4.69) is 15.3 Å². The molecule has 0 fully saturated rings. The third-order valence-electron chi connectivity index (χ3n) is 4.86. The molecule has 0 aliphatic rings. The largest absolute Gasteiger partial charge is 0.321 e. The van der Waals surface area contributed by atoms with Gasteiger partial charge in [-0.2, -0.15) is 0 Å². The molecule has 0 saturated carbocycles. The maximum Gasteiger partial charge on any atom is 0.261 e. The van der Waals surface area contributed by atoms with Gasteiger partial charge in [0.25, 0.3) is 21.5 Å². The van der Waals surface area contributed by atoms with Gasteiger partial charge in [-0.15, -0.1) is 0 Å². The number of hydrogen-bond acceptors (Lipinski definition) is 6. The van der Waals surface area contributed by atoms with Crippen LogP contribution in [0.4, 0.5) is 5.69 Å². The highest BCUT2D eigenvalue weighted by atomic mass is 32.2. The molecule has 0 radical (unpaired) electrons. The molecule has 2 heterocycles. The number of benzene rings is 2. The van der Waals surface area contributed by atoms with E-state index >= 15 is 0 Å². The van der Waals surface area contributed by atoms with Crippen LogP contribution in [-0.2, 0) is 23.0 Å². The maximum absolute atomic E-state index is 12.9. The quantitative estimate of drug-likeness (QED) is 0.461. The van der Waals surface area contributed by atoms with Crippen LogP contribution in [0.5, 0.6) is 0 Å². The molecule has 0 bridgehead atoms. The first kappa shape index (κ1) is 21.3. The summed E-state index contributed by atoms with van der Waals surface area (Å²) in [4.78, 5) is 33.6. The minimum atomic E-state index is -3.92. The van der Waals surface area contributed by atoms with Gasteiger partial charge in [-0.05, 0) is 42.3 Å².